The van der Waals surface area contributed by atoms with Crippen LogP contribution in [0.5, 0.6) is 0 Å². The van der Waals surface area contributed by atoms with Crippen LogP contribution in [0.4, 0.5) is 0 Å². The molecule has 0 spiro atoms. The van der Waals surface area contributed by atoms with Crippen molar-refractivity contribution < 1.29 is 14.3 Å². The first-order chi connectivity index (χ1) is 10.1. The van der Waals surface area contributed by atoms with Crippen molar-refractivity contribution >= 4 is 11.8 Å². The van der Waals surface area contributed by atoms with E-state index in [4.69, 9.17) is 4.74 Å². The molecule has 6 nitrogen and oxygen atoms in total. The van der Waals surface area contributed by atoms with Gasteiger partial charge in [-0.05, 0) is 38.8 Å². The predicted octanol–water partition coefficient (Wildman–Crippen LogP) is 0.0818. The lowest BCUT2D eigenvalue weighted by Gasteiger charge is -2.32. The molecule has 2 aliphatic rings. The van der Waals surface area contributed by atoms with E-state index in [0.717, 1.165) is 45.4 Å². The highest BCUT2D eigenvalue weighted by Crippen LogP contribution is 2.18. The van der Waals surface area contributed by atoms with Gasteiger partial charge in [0.25, 0.3) is 0 Å². The van der Waals surface area contributed by atoms with E-state index >= 15 is 0 Å². The highest BCUT2D eigenvalue weighted by molar-refractivity contribution is 5.79. The highest BCUT2D eigenvalue weighted by Gasteiger charge is 2.27. The zero-order chi connectivity index (χ0) is 15.2. The Bertz CT molecular complexity index is 359. The van der Waals surface area contributed by atoms with Crippen LogP contribution in [-0.2, 0) is 14.3 Å². The van der Waals surface area contributed by atoms with Gasteiger partial charge >= 0.3 is 0 Å². The molecule has 2 fully saturated rings. The number of likely N-dealkylation sites (tertiary alicyclic amines) is 1. The number of carbonyl (C=O) groups is 2. The lowest BCUT2D eigenvalue weighted by atomic mass is 9.95. The summed E-state index contributed by atoms with van der Waals surface area (Å²) in [6.45, 7) is 3.49. The Morgan fingerprint density at radius 1 is 1.24 bits per heavy atom. The third kappa shape index (κ3) is 4.97. The first-order valence-electron chi connectivity index (χ1n) is 7.88. The molecule has 0 aromatic rings. The lowest BCUT2D eigenvalue weighted by molar-refractivity contribution is -0.134. The van der Waals surface area contributed by atoms with Gasteiger partial charge in [-0.15, -0.1) is 0 Å². The summed E-state index contributed by atoms with van der Waals surface area (Å²) in [5.41, 5.74) is 0. The van der Waals surface area contributed by atoms with Crippen LogP contribution in [0.2, 0.25) is 0 Å². The smallest absolute Gasteiger partial charge is 0.234 e. The average molecular weight is 297 g/mol. The molecule has 0 aromatic carbocycles. The Morgan fingerprint density at radius 2 is 1.95 bits per heavy atom. The largest absolute Gasteiger partial charge is 0.376 e. The third-order valence-corrected chi connectivity index (χ3v) is 4.30. The number of ether oxygens (including phenoxy) is 1. The van der Waals surface area contributed by atoms with Gasteiger partial charge in [-0.25, -0.2) is 0 Å². The van der Waals surface area contributed by atoms with E-state index < -0.39 is 0 Å². The molecular formula is C15H27N3O3. The molecule has 2 rings (SSSR count). The van der Waals surface area contributed by atoms with Gasteiger partial charge < -0.3 is 15.0 Å². The molecule has 2 heterocycles. The molecule has 1 atom stereocenters. The lowest BCUT2D eigenvalue weighted by Crippen LogP contribution is -2.45. The molecule has 0 bridgehead atoms. The SMILES string of the molecule is CN(C)C(=O)C1CCN(CC(=O)NCC2CCCO2)CC1. The molecule has 1 unspecified atom stereocenters. The Morgan fingerprint density at radius 3 is 2.52 bits per heavy atom. The van der Waals surface area contributed by atoms with E-state index in [9.17, 15) is 9.59 Å². The van der Waals surface area contributed by atoms with Crippen LogP contribution in [-0.4, -0.2) is 74.6 Å². The fourth-order valence-corrected chi connectivity index (χ4v) is 3.00. The summed E-state index contributed by atoms with van der Waals surface area (Å²) in [6.07, 6.45) is 4.01. The Hall–Kier alpha value is -1.14. The van der Waals surface area contributed by atoms with E-state index in [1.165, 1.54) is 0 Å². The molecule has 2 aliphatic heterocycles. The third-order valence-electron chi connectivity index (χ3n) is 4.30. The second kappa shape index (κ2) is 7.75. The van der Waals surface area contributed by atoms with Crippen molar-refractivity contribution in [2.45, 2.75) is 31.8 Å². The van der Waals surface area contributed by atoms with Crippen LogP contribution in [0.3, 0.4) is 0 Å². The monoisotopic (exact) mass is 297 g/mol. The fourth-order valence-electron chi connectivity index (χ4n) is 3.00. The molecule has 2 amide bonds. The molecule has 1 N–H and O–H groups in total. The van der Waals surface area contributed by atoms with E-state index in [-0.39, 0.29) is 23.8 Å². The molecule has 120 valence electrons. The van der Waals surface area contributed by atoms with Crippen molar-refractivity contribution in [2.24, 2.45) is 5.92 Å². The van der Waals surface area contributed by atoms with Crippen molar-refractivity contribution in [1.29, 1.82) is 0 Å². The topological polar surface area (TPSA) is 61.9 Å². The molecule has 0 aliphatic carbocycles. The molecule has 6 heteroatoms. The van der Waals surface area contributed by atoms with Crippen LogP contribution in [0, 0.1) is 5.92 Å². The zero-order valence-electron chi connectivity index (χ0n) is 13.1. The highest BCUT2D eigenvalue weighted by atomic mass is 16.5. The van der Waals surface area contributed by atoms with Gasteiger partial charge in [0.15, 0.2) is 0 Å². The van der Waals surface area contributed by atoms with Crippen molar-refractivity contribution in [1.82, 2.24) is 15.1 Å². The van der Waals surface area contributed by atoms with Gasteiger partial charge in [0.2, 0.25) is 11.8 Å². The van der Waals surface area contributed by atoms with E-state index in [0.29, 0.717) is 13.1 Å². The average Bonchev–Trinajstić information content (AvgIpc) is 2.98. The van der Waals surface area contributed by atoms with Gasteiger partial charge in [0.05, 0.1) is 12.6 Å². The molecule has 0 aromatic heterocycles. The number of nitrogens with one attached hydrogen (secondary N) is 1. The Kier molecular flexibility index (Phi) is 5.99. The van der Waals surface area contributed by atoms with Gasteiger partial charge in [0.1, 0.15) is 0 Å². The predicted molar refractivity (Wildman–Crippen MR) is 79.8 cm³/mol. The number of carbonyl (C=O) groups excluding carboxylic acids is 2. The summed E-state index contributed by atoms with van der Waals surface area (Å²) in [6, 6.07) is 0. The number of nitrogens with zero attached hydrogens (tertiary/aromatic N) is 2. The Labute approximate surface area is 126 Å². The summed E-state index contributed by atoms with van der Waals surface area (Å²) >= 11 is 0. The van der Waals surface area contributed by atoms with Crippen molar-refractivity contribution in [2.75, 3.05) is 46.9 Å². The summed E-state index contributed by atoms with van der Waals surface area (Å²) < 4.78 is 5.49. The molecule has 2 saturated heterocycles. The van der Waals surface area contributed by atoms with Crippen LogP contribution >= 0.6 is 0 Å². The molecule has 21 heavy (non-hydrogen) atoms. The Balaban J connectivity index is 1.63. The van der Waals surface area contributed by atoms with Gasteiger partial charge in [-0.3, -0.25) is 14.5 Å². The van der Waals surface area contributed by atoms with E-state index in [1.54, 1.807) is 19.0 Å². The summed E-state index contributed by atoms with van der Waals surface area (Å²) in [5.74, 6) is 0.381. The van der Waals surface area contributed by atoms with Crippen LogP contribution < -0.4 is 5.32 Å². The quantitative estimate of drug-likeness (QED) is 0.781. The minimum atomic E-state index is 0.0582. The molecular weight excluding hydrogens is 270 g/mol. The van der Waals surface area contributed by atoms with Gasteiger partial charge in [0, 0.05) is 33.2 Å². The maximum atomic E-state index is 11.9. The fraction of sp³-hybridized carbons (Fsp3) is 0.867. The van der Waals surface area contributed by atoms with Crippen LogP contribution in [0.15, 0.2) is 0 Å². The summed E-state index contributed by atoms with van der Waals surface area (Å²) in [7, 11) is 3.60. The number of amides is 2. The standard InChI is InChI=1S/C15H27N3O3/c1-17(2)15(20)12-5-7-18(8-6-12)11-14(19)16-10-13-4-3-9-21-13/h12-13H,3-11H2,1-2H3,(H,16,19). The summed E-state index contributed by atoms with van der Waals surface area (Å²) in [4.78, 5) is 27.6. The van der Waals surface area contributed by atoms with Gasteiger partial charge in [-0.2, -0.15) is 0 Å². The van der Waals surface area contributed by atoms with Crippen LogP contribution in [0.1, 0.15) is 25.7 Å². The maximum absolute atomic E-state index is 11.9. The first kappa shape index (κ1) is 16.2. The number of rotatable bonds is 5. The number of piperidine rings is 1. The number of hydrogen-bond donors (Lipinski definition) is 1. The zero-order valence-corrected chi connectivity index (χ0v) is 13.1. The summed E-state index contributed by atoms with van der Waals surface area (Å²) in [5, 5.41) is 2.94. The minimum absolute atomic E-state index is 0.0582. The van der Waals surface area contributed by atoms with Crippen LogP contribution in [0.25, 0.3) is 0 Å². The minimum Gasteiger partial charge on any atom is -0.376 e. The molecule has 0 saturated carbocycles. The van der Waals surface area contributed by atoms with E-state index in [1.807, 2.05) is 0 Å². The number of hydrogen-bond acceptors (Lipinski definition) is 4. The van der Waals surface area contributed by atoms with Crippen molar-refractivity contribution in [3.8, 4) is 0 Å². The maximum Gasteiger partial charge on any atom is 0.234 e. The molecule has 0 radical (unpaired) electrons. The van der Waals surface area contributed by atoms with Gasteiger partial charge in [-0.1, -0.05) is 0 Å². The first-order valence-corrected chi connectivity index (χ1v) is 7.88. The second-order valence-corrected chi connectivity index (χ2v) is 6.22. The van der Waals surface area contributed by atoms with Crippen molar-refractivity contribution in [3.63, 3.8) is 0 Å². The van der Waals surface area contributed by atoms with E-state index in [2.05, 4.69) is 10.2 Å². The normalized spacial score (nSPS) is 24.0. The second-order valence-electron chi connectivity index (χ2n) is 6.22. The van der Waals surface area contributed by atoms with Crippen molar-refractivity contribution in [3.05, 3.63) is 0 Å².